The van der Waals surface area contributed by atoms with Crippen LogP contribution in [0.3, 0.4) is 0 Å². The Bertz CT molecular complexity index is 532. The van der Waals surface area contributed by atoms with Crippen LogP contribution in [-0.4, -0.2) is 0 Å². The highest BCUT2D eigenvalue weighted by atomic mass is 19.2. The van der Waals surface area contributed by atoms with Crippen LogP contribution in [0.2, 0.25) is 0 Å². The Morgan fingerprint density at radius 1 is 1.00 bits per heavy atom. The molecule has 0 fully saturated rings. The minimum atomic E-state index is -1.40. The molecule has 0 aliphatic heterocycles. The Morgan fingerprint density at radius 3 is 2.44 bits per heavy atom. The number of benzene rings is 2. The predicted octanol–water partition coefficient (Wildman–Crippen LogP) is 4.21. The lowest BCUT2D eigenvalue weighted by Gasteiger charge is -2.07. The van der Waals surface area contributed by atoms with Gasteiger partial charge in [-0.15, -0.1) is 0 Å². The molecule has 2 rings (SSSR count). The minimum Gasteiger partial charge on any atom is -0.204 e. The van der Waals surface area contributed by atoms with Crippen LogP contribution in [0.1, 0.15) is 18.9 Å². The smallest absolute Gasteiger partial charge is 0.195 e. The third kappa shape index (κ3) is 1.66. The number of hydrogen-bond donors (Lipinski definition) is 0. The predicted molar refractivity (Wildman–Crippen MR) is 57.8 cm³/mol. The van der Waals surface area contributed by atoms with E-state index in [-0.39, 0.29) is 5.39 Å². The zero-order chi connectivity index (χ0) is 11.7. The first kappa shape index (κ1) is 11.0. The summed E-state index contributed by atoms with van der Waals surface area (Å²) in [5.41, 5.74) is 0.845. The third-order valence-corrected chi connectivity index (χ3v) is 2.63. The van der Waals surface area contributed by atoms with Crippen molar-refractivity contribution < 1.29 is 13.2 Å². The van der Waals surface area contributed by atoms with Gasteiger partial charge in [0.15, 0.2) is 17.5 Å². The first-order valence-electron chi connectivity index (χ1n) is 5.20. The average Bonchev–Trinajstić information content (AvgIpc) is 2.28. The van der Waals surface area contributed by atoms with E-state index in [1.165, 1.54) is 6.07 Å². The molecule has 0 radical (unpaired) electrons. The van der Waals surface area contributed by atoms with Gasteiger partial charge < -0.3 is 0 Å². The van der Waals surface area contributed by atoms with Crippen LogP contribution in [0.25, 0.3) is 10.8 Å². The monoisotopic (exact) mass is 224 g/mol. The second-order valence-corrected chi connectivity index (χ2v) is 3.75. The van der Waals surface area contributed by atoms with Crippen molar-refractivity contribution in [1.82, 2.24) is 0 Å². The molecule has 0 spiro atoms. The Morgan fingerprint density at radius 2 is 1.75 bits per heavy atom. The van der Waals surface area contributed by atoms with E-state index in [9.17, 15) is 13.2 Å². The summed E-state index contributed by atoms with van der Waals surface area (Å²) in [7, 11) is 0. The molecule has 0 bridgehead atoms. The van der Waals surface area contributed by atoms with Crippen LogP contribution in [-0.2, 0) is 6.42 Å². The fourth-order valence-corrected chi connectivity index (χ4v) is 1.88. The summed E-state index contributed by atoms with van der Waals surface area (Å²) in [6.45, 7) is 1.98. The van der Waals surface area contributed by atoms with Crippen LogP contribution in [0.5, 0.6) is 0 Å². The van der Waals surface area contributed by atoms with Gasteiger partial charge in [0.2, 0.25) is 0 Å². The van der Waals surface area contributed by atoms with E-state index in [1.54, 1.807) is 6.07 Å². The Hall–Kier alpha value is -1.51. The largest absolute Gasteiger partial charge is 0.204 e. The highest BCUT2D eigenvalue weighted by Gasteiger charge is 2.14. The van der Waals surface area contributed by atoms with Gasteiger partial charge >= 0.3 is 0 Å². The molecule has 3 heteroatoms. The summed E-state index contributed by atoms with van der Waals surface area (Å²) in [4.78, 5) is 0. The molecule has 2 aromatic rings. The molecule has 0 atom stereocenters. The summed E-state index contributed by atoms with van der Waals surface area (Å²) in [6, 6.07) is 6.00. The third-order valence-electron chi connectivity index (χ3n) is 2.63. The standard InChI is InChI=1S/C13H11F3/c1-2-4-8-5-3-6-9-10(8)7-11(14)13(16)12(9)15/h3,5-7H,2,4H2,1H3. The van der Waals surface area contributed by atoms with Crippen molar-refractivity contribution >= 4 is 10.8 Å². The lowest BCUT2D eigenvalue weighted by Crippen LogP contribution is -1.95. The molecule has 0 aliphatic rings. The maximum atomic E-state index is 13.5. The summed E-state index contributed by atoms with van der Waals surface area (Å²) >= 11 is 0. The van der Waals surface area contributed by atoms with Gasteiger partial charge in [-0.25, -0.2) is 13.2 Å². The summed E-state index contributed by atoms with van der Waals surface area (Å²) < 4.78 is 39.6. The zero-order valence-corrected chi connectivity index (χ0v) is 8.86. The van der Waals surface area contributed by atoms with Crippen LogP contribution in [0.4, 0.5) is 13.2 Å². The highest BCUT2D eigenvalue weighted by molar-refractivity contribution is 5.86. The fourth-order valence-electron chi connectivity index (χ4n) is 1.88. The minimum absolute atomic E-state index is 0.143. The Balaban J connectivity index is 2.78. The number of hydrogen-bond acceptors (Lipinski definition) is 0. The average molecular weight is 224 g/mol. The summed E-state index contributed by atoms with van der Waals surface area (Å²) in [5.74, 6) is -3.64. The molecule has 0 aliphatic carbocycles. The van der Waals surface area contributed by atoms with Crippen molar-refractivity contribution in [2.45, 2.75) is 19.8 Å². The van der Waals surface area contributed by atoms with Crippen molar-refractivity contribution in [2.75, 3.05) is 0 Å². The van der Waals surface area contributed by atoms with E-state index in [0.29, 0.717) is 5.39 Å². The van der Waals surface area contributed by atoms with Gasteiger partial charge in [-0.3, -0.25) is 0 Å². The maximum absolute atomic E-state index is 13.5. The van der Waals surface area contributed by atoms with Crippen LogP contribution >= 0.6 is 0 Å². The van der Waals surface area contributed by atoms with Gasteiger partial charge in [0.05, 0.1) is 0 Å². The molecule has 0 N–H and O–H groups in total. The maximum Gasteiger partial charge on any atom is 0.195 e. The Kier molecular flexibility index (Phi) is 2.86. The summed E-state index contributed by atoms with van der Waals surface area (Å²) in [5, 5.41) is 0.602. The van der Waals surface area contributed by atoms with Gasteiger partial charge in [0.1, 0.15) is 0 Å². The molecule has 0 aromatic heterocycles. The molecular formula is C13H11F3. The second kappa shape index (κ2) is 4.16. The molecule has 0 heterocycles. The first-order chi connectivity index (χ1) is 7.65. The van der Waals surface area contributed by atoms with Gasteiger partial charge in [0, 0.05) is 5.39 Å². The molecule has 0 amide bonds. The number of halogens is 3. The molecular weight excluding hydrogens is 213 g/mol. The van der Waals surface area contributed by atoms with E-state index >= 15 is 0 Å². The quantitative estimate of drug-likeness (QED) is 0.670. The van der Waals surface area contributed by atoms with Crippen molar-refractivity contribution in [1.29, 1.82) is 0 Å². The molecule has 0 nitrogen and oxygen atoms in total. The van der Waals surface area contributed by atoms with Gasteiger partial charge in [-0.05, 0) is 23.4 Å². The molecule has 2 aromatic carbocycles. The molecule has 0 unspecified atom stereocenters. The van der Waals surface area contributed by atoms with E-state index in [4.69, 9.17) is 0 Å². The number of rotatable bonds is 2. The van der Waals surface area contributed by atoms with Crippen LogP contribution in [0.15, 0.2) is 24.3 Å². The van der Waals surface area contributed by atoms with Crippen LogP contribution in [0, 0.1) is 17.5 Å². The Labute approximate surface area is 91.7 Å². The zero-order valence-electron chi connectivity index (χ0n) is 8.86. The van der Waals surface area contributed by atoms with Gasteiger partial charge in [-0.2, -0.15) is 0 Å². The molecule has 0 saturated carbocycles. The normalized spacial score (nSPS) is 11.0. The van der Waals surface area contributed by atoms with Gasteiger partial charge in [-0.1, -0.05) is 31.5 Å². The van der Waals surface area contributed by atoms with E-state index in [2.05, 4.69) is 0 Å². The second-order valence-electron chi connectivity index (χ2n) is 3.75. The highest BCUT2D eigenvalue weighted by Crippen LogP contribution is 2.26. The van der Waals surface area contributed by atoms with Crippen LogP contribution < -0.4 is 0 Å². The van der Waals surface area contributed by atoms with E-state index < -0.39 is 17.5 Å². The van der Waals surface area contributed by atoms with E-state index in [0.717, 1.165) is 24.5 Å². The van der Waals surface area contributed by atoms with Gasteiger partial charge in [0.25, 0.3) is 0 Å². The van der Waals surface area contributed by atoms with Crippen molar-refractivity contribution in [3.05, 3.63) is 47.3 Å². The fraction of sp³-hybridized carbons (Fsp3) is 0.231. The molecule has 0 saturated heterocycles. The SMILES string of the molecule is CCCc1cccc2c(F)c(F)c(F)cc12. The van der Waals surface area contributed by atoms with Crippen molar-refractivity contribution in [3.63, 3.8) is 0 Å². The topological polar surface area (TPSA) is 0 Å². The lowest BCUT2D eigenvalue weighted by molar-refractivity contribution is 0.453. The van der Waals surface area contributed by atoms with E-state index in [1.807, 2.05) is 13.0 Å². The molecule has 16 heavy (non-hydrogen) atoms. The summed E-state index contributed by atoms with van der Waals surface area (Å²) in [6.07, 6.45) is 1.60. The first-order valence-corrected chi connectivity index (χ1v) is 5.20. The van der Waals surface area contributed by atoms with Crippen molar-refractivity contribution in [3.8, 4) is 0 Å². The molecule has 84 valence electrons. The number of aryl methyl sites for hydroxylation is 1. The van der Waals surface area contributed by atoms with Crippen molar-refractivity contribution in [2.24, 2.45) is 0 Å². The number of fused-ring (bicyclic) bond motifs is 1. The lowest BCUT2D eigenvalue weighted by atomic mass is 10.0.